The summed E-state index contributed by atoms with van der Waals surface area (Å²) in [6.07, 6.45) is 0. The second-order valence-electron chi connectivity index (χ2n) is 2.54. The SMILES string of the molecule is COc1c(Cl)ccc2c(Cl)csc12. The van der Waals surface area contributed by atoms with Crippen molar-refractivity contribution < 1.29 is 4.74 Å². The van der Waals surface area contributed by atoms with Gasteiger partial charge in [0.05, 0.1) is 21.9 Å². The first-order valence-electron chi connectivity index (χ1n) is 3.63. The van der Waals surface area contributed by atoms with Crippen molar-refractivity contribution in [2.75, 3.05) is 7.11 Å². The number of benzene rings is 1. The van der Waals surface area contributed by atoms with Crippen molar-refractivity contribution >= 4 is 44.6 Å². The van der Waals surface area contributed by atoms with Gasteiger partial charge in [-0.2, -0.15) is 0 Å². The Morgan fingerprint density at radius 3 is 2.69 bits per heavy atom. The van der Waals surface area contributed by atoms with Gasteiger partial charge in [-0.3, -0.25) is 0 Å². The Labute approximate surface area is 89.8 Å². The average Bonchev–Trinajstić information content (AvgIpc) is 2.48. The first-order chi connectivity index (χ1) is 6.24. The van der Waals surface area contributed by atoms with Gasteiger partial charge in [-0.1, -0.05) is 29.3 Å². The lowest BCUT2D eigenvalue weighted by Crippen LogP contribution is -1.83. The van der Waals surface area contributed by atoms with E-state index in [1.54, 1.807) is 13.2 Å². The molecular formula is C9H6Cl2OS. The summed E-state index contributed by atoms with van der Waals surface area (Å²) >= 11 is 13.5. The van der Waals surface area contributed by atoms with E-state index >= 15 is 0 Å². The molecule has 0 amide bonds. The molecule has 1 heterocycles. The second-order valence-corrected chi connectivity index (χ2v) is 4.24. The van der Waals surface area contributed by atoms with Gasteiger partial charge in [0.2, 0.25) is 0 Å². The van der Waals surface area contributed by atoms with Crippen molar-refractivity contribution in [3.63, 3.8) is 0 Å². The molecule has 4 heteroatoms. The van der Waals surface area contributed by atoms with Gasteiger partial charge in [-0.05, 0) is 6.07 Å². The smallest absolute Gasteiger partial charge is 0.155 e. The zero-order valence-corrected chi connectivity index (χ0v) is 9.13. The molecule has 0 radical (unpaired) electrons. The molecule has 68 valence electrons. The van der Waals surface area contributed by atoms with Gasteiger partial charge in [0.25, 0.3) is 0 Å². The Kier molecular flexibility index (Phi) is 2.37. The number of fused-ring (bicyclic) bond motifs is 1. The van der Waals surface area contributed by atoms with Gasteiger partial charge in [0.15, 0.2) is 5.75 Å². The Morgan fingerprint density at radius 1 is 1.23 bits per heavy atom. The van der Waals surface area contributed by atoms with E-state index in [9.17, 15) is 0 Å². The van der Waals surface area contributed by atoms with Crippen molar-refractivity contribution in [2.24, 2.45) is 0 Å². The third-order valence-corrected chi connectivity index (χ3v) is 3.54. The van der Waals surface area contributed by atoms with E-state index in [4.69, 9.17) is 27.9 Å². The van der Waals surface area contributed by atoms with Crippen LogP contribution in [0.25, 0.3) is 10.1 Å². The zero-order chi connectivity index (χ0) is 9.42. The number of ether oxygens (including phenoxy) is 1. The number of rotatable bonds is 1. The van der Waals surface area contributed by atoms with E-state index in [0.29, 0.717) is 10.8 Å². The summed E-state index contributed by atoms with van der Waals surface area (Å²) in [4.78, 5) is 0. The van der Waals surface area contributed by atoms with E-state index in [0.717, 1.165) is 15.1 Å². The largest absolute Gasteiger partial charge is 0.494 e. The van der Waals surface area contributed by atoms with Crippen molar-refractivity contribution in [3.8, 4) is 5.75 Å². The van der Waals surface area contributed by atoms with Crippen molar-refractivity contribution in [3.05, 3.63) is 27.6 Å². The summed E-state index contributed by atoms with van der Waals surface area (Å²) in [7, 11) is 1.61. The van der Waals surface area contributed by atoms with Crippen molar-refractivity contribution in [1.29, 1.82) is 0 Å². The summed E-state index contributed by atoms with van der Waals surface area (Å²) in [6.45, 7) is 0. The highest BCUT2D eigenvalue weighted by Gasteiger charge is 2.10. The van der Waals surface area contributed by atoms with Crippen LogP contribution in [-0.2, 0) is 0 Å². The third-order valence-electron chi connectivity index (χ3n) is 1.81. The molecule has 0 unspecified atom stereocenters. The van der Waals surface area contributed by atoms with Crippen LogP contribution in [0.4, 0.5) is 0 Å². The van der Waals surface area contributed by atoms with Crippen LogP contribution < -0.4 is 4.74 Å². The second kappa shape index (κ2) is 3.37. The number of methoxy groups -OCH3 is 1. The zero-order valence-electron chi connectivity index (χ0n) is 6.80. The fraction of sp³-hybridized carbons (Fsp3) is 0.111. The molecule has 0 N–H and O–H groups in total. The number of halogens is 2. The topological polar surface area (TPSA) is 9.23 Å². The van der Waals surface area contributed by atoms with E-state index in [1.807, 2.05) is 11.4 Å². The fourth-order valence-electron chi connectivity index (χ4n) is 1.21. The Hall–Kier alpha value is -0.440. The van der Waals surface area contributed by atoms with Crippen LogP contribution in [0, 0.1) is 0 Å². The standard InChI is InChI=1S/C9H6Cl2OS/c1-12-8-6(10)3-2-5-7(11)4-13-9(5)8/h2-4H,1H3. The van der Waals surface area contributed by atoms with E-state index in [-0.39, 0.29) is 0 Å². The van der Waals surface area contributed by atoms with Crippen LogP contribution in [0.15, 0.2) is 17.5 Å². The molecule has 0 bridgehead atoms. The highest BCUT2D eigenvalue weighted by Crippen LogP contribution is 2.40. The maximum Gasteiger partial charge on any atom is 0.155 e. The maximum absolute atomic E-state index is 5.97. The van der Waals surface area contributed by atoms with Gasteiger partial charge in [0, 0.05) is 10.8 Å². The molecule has 1 aromatic heterocycles. The average molecular weight is 233 g/mol. The highest BCUT2D eigenvalue weighted by molar-refractivity contribution is 7.18. The Morgan fingerprint density at radius 2 is 2.00 bits per heavy atom. The predicted octanol–water partition coefficient (Wildman–Crippen LogP) is 4.22. The lowest BCUT2D eigenvalue weighted by Gasteiger charge is -2.03. The van der Waals surface area contributed by atoms with Gasteiger partial charge < -0.3 is 4.74 Å². The molecule has 0 aliphatic heterocycles. The van der Waals surface area contributed by atoms with Crippen molar-refractivity contribution in [1.82, 2.24) is 0 Å². The summed E-state index contributed by atoms with van der Waals surface area (Å²) in [6, 6.07) is 3.69. The summed E-state index contributed by atoms with van der Waals surface area (Å²) in [5.41, 5.74) is 0. The molecule has 13 heavy (non-hydrogen) atoms. The summed E-state index contributed by atoms with van der Waals surface area (Å²) in [5.74, 6) is 0.705. The first kappa shape index (κ1) is 9.13. The van der Waals surface area contributed by atoms with Gasteiger partial charge in [0.1, 0.15) is 0 Å². The van der Waals surface area contributed by atoms with E-state index in [2.05, 4.69) is 0 Å². The van der Waals surface area contributed by atoms with Gasteiger partial charge >= 0.3 is 0 Å². The van der Waals surface area contributed by atoms with E-state index < -0.39 is 0 Å². The molecular weight excluding hydrogens is 227 g/mol. The molecule has 0 spiro atoms. The fourth-order valence-corrected chi connectivity index (χ4v) is 2.80. The van der Waals surface area contributed by atoms with Crippen LogP contribution in [-0.4, -0.2) is 7.11 Å². The number of hydrogen-bond donors (Lipinski definition) is 0. The number of hydrogen-bond acceptors (Lipinski definition) is 2. The lowest BCUT2D eigenvalue weighted by atomic mass is 10.2. The van der Waals surface area contributed by atoms with Crippen LogP contribution in [0.3, 0.4) is 0 Å². The van der Waals surface area contributed by atoms with Crippen LogP contribution >= 0.6 is 34.5 Å². The Bertz CT molecular complexity index is 450. The molecule has 1 aromatic carbocycles. The first-order valence-corrected chi connectivity index (χ1v) is 5.27. The molecule has 0 atom stereocenters. The minimum atomic E-state index is 0.619. The minimum absolute atomic E-state index is 0.619. The molecule has 1 nitrogen and oxygen atoms in total. The Balaban J connectivity index is 2.85. The van der Waals surface area contributed by atoms with Crippen LogP contribution in [0.2, 0.25) is 10.0 Å². The van der Waals surface area contributed by atoms with E-state index in [1.165, 1.54) is 11.3 Å². The number of thiophene rings is 1. The predicted molar refractivity (Wildman–Crippen MR) is 58.4 cm³/mol. The monoisotopic (exact) mass is 232 g/mol. The summed E-state index contributed by atoms with van der Waals surface area (Å²) in [5, 5.41) is 4.24. The molecule has 0 aliphatic rings. The lowest BCUT2D eigenvalue weighted by molar-refractivity contribution is 0.420. The quantitative estimate of drug-likeness (QED) is 0.716. The minimum Gasteiger partial charge on any atom is -0.494 e. The molecule has 2 aromatic rings. The molecule has 0 saturated carbocycles. The highest BCUT2D eigenvalue weighted by atomic mass is 35.5. The summed E-state index contributed by atoms with van der Waals surface area (Å²) < 4.78 is 6.19. The van der Waals surface area contributed by atoms with Crippen molar-refractivity contribution in [2.45, 2.75) is 0 Å². The molecule has 2 rings (SSSR count). The molecule has 0 fully saturated rings. The third kappa shape index (κ3) is 1.39. The van der Waals surface area contributed by atoms with Gasteiger partial charge in [-0.25, -0.2) is 0 Å². The molecule has 0 saturated heterocycles. The molecule has 0 aliphatic carbocycles. The van der Waals surface area contributed by atoms with Crippen LogP contribution in [0.1, 0.15) is 0 Å². The van der Waals surface area contributed by atoms with Gasteiger partial charge in [-0.15, -0.1) is 11.3 Å². The maximum atomic E-state index is 5.97. The van der Waals surface area contributed by atoms with Crippen LogP contribution in [0.5, 0.6) is 5.75 Å². The normalized spacial score (nSPS) is 10.7.